The molecule has 112 valence electrons. The molecule has 0 saturated carbocycles. The summed E-state index contributed by atoms with van der Waals surface area (Å²) in [5.74, 6) is 2.21. The molecule has 4 nitrogen and oxygen atoms in total. The Bertz CT molecular complexity index is 660. The third-order valence-electron chi connectivity index (χ3n) is 3.03. The summed E-state index contributed by atoms with van der Waals surface area (Å²) in [6, 6.07) is 5.45. The maximum Gasteiger partial charge on any atom is 0.138 e. The van der Waals surface area contributed by atoms with Crippen molar-refractivity contribution in [2.45, 2.75) is 26.7 Å². The molecule has 1 aromatic heterocycles. The Morgan fingerprint density at radius 2 is 1.90 bits per heavy atom. The predicted octanol–water partition coefficient (Wildman–Crippen LogP) is 4.97. The molecule has 0 bridgehead atoms. The lowest BCUT2D eigenvalue weighted by molar-refractivity contribution is 0.415. The van der Waals surface area contributed by atoms with Gasteiger partial charge in [0.25, 0.3) is 0 Å². The molecule has 0 amide bonds. The van der Waals surface area contributed by atoms with Crippen LogP contribution in [0.4, 0.5) is 11.5 Å². The highest BCUT2D eigenvalue weighted by Crippen LogP contribution is 2.30. The Hall–Kier alpha value is -1.52. The van der Waals surface area contributed by atoms with Crippen LogP contribution in [-0.2, 0) is 0 Å². The van der Waals surface area contributed by atoms with E-state index in [2.05, 4.69) is 15.3 Å². The second kappa shape index (κ2) is 6.50. The third kappa shape index (κ3) is 3.57. The van der Waals surface area contributed by atoms with Crippen molar-refractivity contribution in [2.24, 2.45) is 0 Å². The minimum Gasteiger partial charge on any atom is -0.495 e. The molecule has 0 fully saturated rings. The predicted molar refractivity (Wildman–Crippen MR) is 87.2 cm³/mol. The lowest BCUT2D eigenvalue weighted by atomic mass is 10.2. The van der Waals surface area contributed by atoms with E-state index in [9.17, 15) is 0 Å². The van der Waals surface area contributed by atoms with E-state index in [0.717, 1.165) is 11.3 Å². The Kier molecular flexibility index (Phi) is 4.91. The summed E-state index contributed by atoms with van der Waals surface area (Å²) in [5, 5.41) is 4.21. The molecular weight excluding hydrogens is 309 g/mol. The zero-order chi connectivity index (χ0) is 15.6. The van der Waals surface area contributed by atoms with E-state index in [1.54, 1.807) is 19.2 Å². The molecule has 0 atom stereocenters. The van der Waals surface area contributed by atoms with Crippen LogP contribution in [0.2, 0.25) is 10.2 Å². The number of nitrogens with one attached hydrogen (secondary N) is 1. The summed E-state index contributed by atoms with van der Waals surface area (Å²) in [6.07, 6.45) is 0. The van der Waals surface area contributed by atoms with E-state index in [0.29, 0.717) is 27.6 Å². The van der Waals surface area contributed by atoms with E-state index in [4.69, 9.17) is 27.9 Å². The molecule has 2 aromatic rings. The van der Waals surface area contributed by atoms with E-state index in [1.807, 2.05) is 26.8 Å². The van der Waals surface area contributed by atoms with Gasteiger partial charge in [-0.25, -0.2) is 9.97 Å². The van der Waals surface area contributed by atoms with Gasteiger partial charge in [0.2, 0.25) is 0 Å². The summed E-state index contributed by atoms with van der Waals surface area (Å²) in [4.78, 5) is 8.81. The van der Waals surface area contributed by atoms with Crippen molar-refractivity contribution >= 4 is 34.7 Å². The molecule has 0 aliphatic rings. The minimum atomic E-state index is 0.197. The quantitative estimate of drug-likeness (QED) is 0.806. The molecule has 0 unspecified atom stereocenters. The summed E-state index contributed by atoms with van der Waals surface area (Å²) in [5.41, 5.74) is 1.61. The first-order valence-corrected chi connectivity index (χ1v) is 7.32. The van der Waals surface area contributed by atoms with Gasteiger partial charge >= 0.3 is 0 Å². The van der Waals surface area contributed by atoms with Gasteiger partial charge in [0, 0.05) is 17.2 Å². The average Bonchev–Trinajstić information content (AvgIpc) is 2.43. The van der Waals surface area contributed by atoms with Crippen LogP contribution < -0.4 is 10.1 Å². The van der Waals surface area contributed by atoms with Gasteiger partial charge in [-0.1, -0.05) is 37.0 Å². The minimum absolute atomic E-state index is 0.197. The fraction of sp³-hybridized carbons (Fsp3) is 0.333. The molecule has 0 saturated heterocycles. The number of benzene rings is 1. The number of ether oxygens (including phenoxy) is 1. The van der Waals surface area contributed by atoms with Gasteiger partial charge < -0.3 is 10.1 Å². The molecule has 21 heavy (non-hydrogen) atoms. The number of nitrogens with zero attached hydrogens (tertiary/aromatic N) is 2. The molecule has 0 spiro atoms. The zero-order valence-electron chi connectivity index (χ0n) is 12.4. The zero-order valence-corrected chi connectivity index (χ0v) is 13.9. The van der Waals surface area contributed by atoms with Gasteiger partial charge in [-0.15, -0.1) is 0 Å². The summed E-state index contributed by atoms with van der Waals surface area (Å²) in [6.45, 7) is 5.92. The van der Waals surface area contributed by atoms with Crippen molar-refractivity contribution < 1.29 is 4.74 Å². The van der Waals surface area contributed by atoms with Crippen LogP contribution in [0, 0.1) is 6.92 Å². The third-order valence-corrected chi connectivity index (χ3v) is 3.70. The number of methoxy groups -OCH3 is 1. The number of hydrogen-bond donors (Lipinski definition) is 1. The first-order valence-electron chi connectivity index (χ1n) is 6.57. The monoisotopic (exact) mass is 325 g/mol. The van der Waals surface area contributed by atoms with Crippen LogP contribution in [0.5, 0.6) is 5.75 Å². The lowest BCUT2D eigenvalue weighted by Crippen LogP contribution is -2.05. The highest BCUT2D eigenvalue weighted by molar-refractivity contribution is 6.32. The summed E-state index contributed by atoms with van der Waals surface area (Å²) >= 11 is 12.3. The van der Waals surface area contributed by atoms with E-state index in [-0.39, 0.29) is 5.92 Å². The molecule has 1 N–H and O–H groups in total. The first-order chi connectivity index (χ1) is 9.92. The molecule has 0 radical (unpaired) electrons. The van der Waals surface area contributed by atoms with Crippen LogP contribution in [0.3, 0.4) is 0 Å². The topological polar surface area (TPSA) is 47.0 Å². The second-order valence-electron chi connectivity index (χ2n) is 4.98. The fourth-order valence-electron chi connectivity index (χ4n) is 1.77. The fourth-order valence-corrected chi connectivity index (χ4v) is 2.20. The SMILES string of the molecule is COc1ccc(Nc2nc(C(C)C)nc(Cl)c2C)cc1Cl. The van der Waals surface area contributed by atoms with Crippen molar-refractivity contribution in [3.8, 4) is 5.75 Å². The summed E-state index contributed by atoms with van der Waals surface area (Å²) in [7, 11) is 1.58. The number of halogens is 2. The molecule has 6 heteroatoms. The largest absolute Gasteiger partial charge is 0.495 e. The van der Waals surface area contributed by atoms with Crippen molar-refractivity contribution in [1.29, 1.82) is 0 Å². The molecular formula is C15H17Cl2N3O. The van der Waals surface area contributed by atoms with Gasteiger partial charge in [0.15, 0.2) is 0 Å². The lowest BCUT2D eigenvalue weighted by Gasteiger charge is -2.13. The van der Waals surface area contributed by atoms with E-state index < -0.39 is 0 Å². The second-order valence-corrected chi connectivity index (χ2v) is 5.74. The van der Waals surface area contributed by atoms with Gasteiger partial charge in [0.1, 0.15) is 22.5 Å². The molecule has 1 aromatic carbocycles. The Morgan fingerprint density at radius 3 is 2.48 bits per heavy atom. The highest BCUT2D eigenvalue weighted by Gasteiger charge is 2.12. The smallest absolute Gasteiger partial charge is 0.138 e. The molecule has 2 rings (SSSR count). The van der Waals surface area contributed by atoms with Gasteiger partial charge in [-0.3, -0.25) is 0 Å². The van der Waals surface area contributed by atoms with Crippen LogP contribution >= 0.6 is 23.2 Å². The van der Waals surface area contributed by atoms with E-state index >= 15 is 0 Å². The Morgan fingerprint density at radius 1 is 1.19 bits per heavy atom. The van der Waals surface area contributed by atoms with E-state index in [1.165, 1.54) is 0 Å². The number of aromatic nitrogens is 2. The van der Waals surface area contributed by atoms with Crippen molar-refractivity contribution in [3.05, 3.63) is 39.8 Å². The van der Waals surface area contributed by atoms with Crippen LogP contribution in [0.1, 0.15) is 31.2 Å². The highest BCUT2D eigenvalue weighted by atomic mass is 35.5. The Labute approximate surface area is 134 Å². The molecule has 1 heterocycles. The maximum absolute atomic E-state index is 6.17. The van der Waals surface area contributed by atoms with Gasteiger partial charge in [-0.05, 0) is 25.1 Å². The van der Waals surface area contributed by atoms with Crippen molar-refractivity contribution in [2.75, 3.05) is 12.4 Å². The van der Waals surface area contributed by atoms with Crippen LogP contribution in [0.25, 0.3) is 0 Å². The first kappa shape index (κ1) is 15.9. The number of hydrogen-bond acceptors (Lipinski definition) is 4. The van der Waals surface area contributed by atoms with Gasteiger partial charge in [0.05, 0.1) is 12.1 Å². The standard InChI is InChI=1S/C15H17Cl2N3O/c1-8(2)14-19-13(17)9(3)15(20-14)18-10-5-6-12(21-4)11(16)7-10/h5-8H,1-4H3,(H,18,19,20). The Balaban J connectivity index is 2.37. The molecule has 0 aliphatic carbocycles. The molecule has 0 aliphatic heterocycles. The van der Waals surface area contributed by atoms with Crippen molar-refractivity contribution in [3.63, 3.8) is 0 Å². The normalized spacial score (nSPS) is 10.8. The number of rotatable bonds is 4. The van der Waals surface area contributed by atoms with Crippen molar-refractivity contribution in [1.82, 2.24) is 9.97 Å². The maximum atomic E-state index is 6.17. The van der Waals surface area contributed by atoms with Gasteiger partial charge in [-0.2, -0.15) is 0 Å². The average molecular weight is 326 g/mol. The summed E-state index contributed by atoms with van der Waals surface area (Å²) < 4.78 is 5.14. The number of anilines is 2. The van der Waals surface area contributed by atoms with Crippen LogP contribution in [-0.4, -0.2) is 17.1 Å². The van der Waals surface area contributed by atoms with Crippen LogP contribution in [0.15, 0.2) is 18.2 Å².